The van der Waals surface area contributed by atoms with Gasteiger partial charge in [-0.25, -0.2) is 0 Å². The van der Waals surface area contributed by atoms with Gasteiger partial charge in [-0.05, 0) is 43.1 Å². The molecule has 0 unspecified atom stereocenters. The molecule has 0 aliphatic carbocycles. The maximum Gasteiger partial charge on any atom is 0.167 e. The average Bonchev–Trinajstić information content (AvgIpc) is 3.19. The van der Waals surface area contributed by atoms with Crippen LogP contribution in [-0.4, -0.2) is 24.3 Å². The van der Waals surface area contributed by atoms with E-state index in [1.165, 1.54) is 16.7 Å². The monoisotopic (exact) mass is 385 g/mol. The van der Waals surface area contributed by atoms with Crippen LogP contribution in [0, 0.1) is 12.8 Å². The largest absolute Gasteiger partial charge is 0.497 e. The zero-order chi connectivity index (χ0) is 20.2. The molecule has 1 aliphatic rings. The number of methoxy groups -OCH3 is 1. The van der Waals surface area contributed by atoms with Crippen molar-refractivity contribution in [3.63, 3.8) is 0 Å². The van der Waals surface area contributed by atoms with Crippen molar-refractivity contribution >= 4 is 5.78 Å². The molecule has 0 aromatic heterocycles. The Morgan fingerprint density at radius 1 is 0.966 bits per heavy atom. The van der Waals surface area contributed by atoms with E-state index in [0.29, 0.717) is 0 Å². The van der Waals surface area contributed by atoms with Crippen molar-refractivity contribution in [2.75, 3.05) is 13.7 Å². The van der Waals surface area contributed by atoms with E-state index in [4.69, 9.17) is 4.74 Å². The van der Waals surface area contributed by atoms with Gasteiger partial charge in [-0.15, -0.1) is 0 Å². The second-order valence-electron chi connectivity index (χ2n) is 7.80. The van der Waals surface area contributed by atoms with Crippen LogP contribution in [0.1, 0.15) is 39.5 Å². The Labute approximate surface area is 172 Å². The van der Waals surface area contributed by atoms with E-state index >= 15 is 0 Å². The van der Waals surface area contributed by atoms with Crippen LogP contribution in [0.15, 0.2) is 78.9 Å². The molecule has 1 saturated heterocycles. The van der Waals surface area contributed by atoms with E-state index in [1.807, 2.05) is 42.5 Å². The molecule has 1 aliphatic heterocycles. The number of hydrogen-bond acceptors (Lipinski definition) is 3. The number of carbonyl (C=O) groups is 1. The summed E-state index contributed by atoms with van der Waals surface area (Å²) in [6, 6.07) is 26.6. The van der Waals surface area contributed by atoms with Gasteiger partial charge in [-0.3, -0.25) is 9.69 Å². The SMILES string of the molecule is COc1ccc([C@H]2[C@@H](C(=O)c3ccccc3)CCN2Cc2ccc(C)cc2)cc1. The van der Waals surface area contributed by atoms with Gasteiger partial charge in [0.2, 0.25) is 0 Å². The maximum atomic E-state index is 13.3. The molecule has 3 aromatic rings. The van der Waals surface area contributed by atoms with Crippen molar-refractivity contribution in [2.45, 2.75) is 25.9 Å². The molecule has 1 heterocycles. The van der Waals surface area contributed by atoms with Crippen molar-refractivity contribution in [3.05, 3.63) is 101 Å². The van der Waals surface area contributed by atoms with Crippen LogP contribution in [0.5, 0.6) is 5.75 Å². The number of benzene rings is 3. The predicted molar refractivity (Wildman–Crippen MR) is 116 cm³/mol. The molecule has 3 heteroatoms. The summed E-state index contributed by atoms with van der Waals surface area (Å²) in [5, 5.41) is 0. The number of likely N-dealkylation sites (tertiary alicyclic amines) is 1. The third-order valence-corrected chi connectivity index (χ3v) is 5.86. The summed E-state index contributed by atoms with van der Waals surface area (Å²) < 4.78 is 5.33. The predicted octanol–water partition coefficient (Wildman–Crippen LogP) is 5.45. The lowest BCUT2D eigenvalue weighted by Crippen LogP contribution is -2.28. The molecule has 0 bridgehead atoms. The fourth-order valence-electron chi connectivity index (χ4n) is 4.30. The second-order valence-corrected chi connectivity index (χ2v) is 7.80. The average molecular weight is 386 g/mol. The third-order valence-electron chi connectivity index (χ3n) is 5.86. The van der Waals surface area contributed by atoms with Gasteiger partial charge in [0.05, 0.1) is 7.11 Å². The first-order valence-electron chi connectivity index (χ1n) is 10.2. The molecule has 0 N–H and O–H groups in total. The number of rotatable bonds is 6. The molecular weight excluding hydrogens is 358 g/mol. The Balaban J connectivity index is 1.65. The molecule has 4 rings (SSSR count). The lowest BCUT2D eigenvalue weighted by Gasteiger charge is -2.28. The zero-order valence-electron chi connectivity index (χ0n) is 17.0. The lowest BCUT2D eigenvalue weighted by molar-refractivity contribution is 0.0878. The van der Waals surface area contributed by atoms with Gasteiger partial charge in [0.15, 0.2) is 5.78 Å². The first-order chi connectivity index (χ1) is 14.2. The highest BCUT2D eigenvalue weighted by atomic mass is 16.5. The first kappa shape index (κ1) is 19.4. The molecule has 148 valence electrons. The molecule has 0 saturated carbocycles. The van der Waals surface area contributed by atoms with Crippen LogP contribution >= 0.6 is 0 Å². The van der Waals surface area contributed by atoms with Crippen molar-refractivity contribution < 1.29 is 9.53 Å². The summed E-state index contributed by atoms with van der Waals surface area (Å²) >= 11 is 0. The number of ketones is 1. The van der Waals surface area contributed by atoms with Crippen LogP contribution in [0.3, 0.4) is 0 Å². The van der Waals surface area contributed by atoms with E-state index in [0.717, 1.165) is 30.8 Å². The normalized spacial score (nSPS) is 19.2. The number of Topliss-reactive ketones (excluding diaryl/α,β-unsaturated/α-hetero) is 1. The molecule has 2 atom stereocenters. The fraction of sp³-hybridized carbons (Fsp3) is 0.269. The molecular formula is C26H27NO2. The Morgan fingerprint density at radius 2 is 1.66 bits per heavy atom. The Hall–Kier alpha value is -2.91. The van der Waals surface area contributed by atoms with Gasteiger partial charge in [0.1, 0.15) is 5.75 Å². The highest BCUT2D eigenvalue weighted by Gasteiger charge is 2.39. The summed E-state index contributed by atoms with van der Waals surface area (Å²) in [7, 11) is 1.68. The summed E-state index contributed by atoms with van der Waals surface area (Å²) in [5.74, 6) is 1.02. The number of aryl methyl sites for hydroxylation is 1. The van der Waals surface area contributed by atoms with E-state index in [1.54, 1.807) is 7.11 Å². The minimum Gasteiger partial charge on any atom is -0.497 e. The first-order valence-corrected chi connectivity index (χ1v) is 10.2. The Morgan fingerprint density at radius 3 is 2.31 bits per heavy atom. The van der Waals surface area contributed by atoms with Crippen molar-refractivity contribution in [2.24, 2.45) is 5.92 Å². The summed E-state index contributed by atoms with van der Waals surface area (Å²) in [6.07, 6.45) is 0.871. The van der Waals surface area contributed by atoms with Gasteiger partial charge in [-0.1, -0.05) is 72.3 Å². The van der Waals surface area contributed by atoms with Crippen LogP contribution in [0.2, 0.25) is 0 Å². The molecule has 0 radical (unpaired) electrons. The summed E-state index contributed by atoms with van der Waals surface area (Å²) in [5.41, 5.74) is 4.51. The molecule has 0 amide bonds. The minimum atomic E-state index is -0.0451. The highest BCUT2D eigenvalue weighted by molar-refractivity contribution is 5.98. The van der Waals surface area contributed by atoms with Crippen LogP contribution in [0.4, 0.5) is 0 Å². The van der Waals surface area contributed by atoms with Crippen molar-refractivity contribution in [3.8, 4) is 5.75 Å². The topological polar surface area (TPSA) is 29.5 Å². The fourth-order valence-corrected chi connectivity index (χ4v) is 4.30. The highest BCUT2D eigenvalue weighted by Crippen LogP contribution is 2.40. The lowest BCUT2D eigenvalue weighted by atomic mass is 9.87. The van der Waals surface area contributed by atoms with Gasteiger partial charge < -0.3 is 4.74 Å². The number of carbonyl (C=O) groups excluding carboxylic acids is 1. The van der Waals surface area contributed by atoms with Crippen LogP contribution in [0.25, 0.3) is 0 Å². The van der Waals surface area contributed by atoms with Crippen molar-refractivity contribution in [1.29, 1.82) is 0 Å². The quantitative estimate of drug-likeness (QED) is 0.529. The van der Waals surface area contributed by atoms with Crippen LogP contribution < -0.4 is 4.74 Å². The molecule has 3 aromatic carbocycles. The summed E-state index contributed by atoms with van der Waals surface area (Å²) in [6.45, 7) is 3.86. The van der Waals surface area contributed by atoms with E-state index in [9.17, 15) is 4.79 Å². The Bertz CT molecular complexity index is 948. The second kappa shape index (κ2) is 8.62. The molecule has 0 spiro atoms. The van der Waals surface area contributed by atoms with E-state index in [-0.39, 0.29) is 17.7 Å². The molecule has 3 nitrogen and oxygen atoms in total. The molecule has 29 heavy (non-hydrogen) atoms. The molecule has 1 fully saturated rings. The van der Waals surface area contributed by atoms with Gasteiger partial charge in [0, 0.05) is 24.1 Å². The summed E-state index contributed by atoms with van der Waals surface area (Å²) in [4.78, 5) is 15.8. The van der Waals surface area contributed by atoms with E-state index < -0.39 is 0 Å². The van der Waals surface area contributed by atoms with Crippen molar-refractivity contribution in [1.82, 2.24) is 4.90 Å². The zero-order valence-corrected chi connectivity index (χ0v) is 17.0. The Kier molecular flexibility index (Phi) is 5.77. The third kappa shape index (κ3) is 4.25. The van der Waals surface area contributed by atoms with Gasteiger partial charge in [0.25, 0.3) is 0 Å². The van der Waals surface area contributed by atoms with Crippen LogP contribution in [-0.2, 0) is 6.54 Å². The number of hydrogen-bond donors (Lipinski definition) is 0. The van der Waals surface area contributed by atoms with Gasteiger partial charge in [-0.2, -0.15) is 0 Å². The number of nitrogens with zero attached hydrogens (tertiary/aromatic N) is 1. The van der Waals surface area contributed by atoms with Gasteiger partial charge >= 0.3 is 0 Å². The maximum absolute atomic E-state index is 13.3. The smallest absolute Gasteiger partial charge is 0.167 e. The van der Waals surface area contributed by atoms with E-state index in [2.05, 4.69) is 48.2 Å². The standard InChI is InChI=1S/C26H27NO2/c1-19-8-10-20(11-9-19)18-27-17-16-24(26(28)22-6-4-3-5-7-22)25(27)21-12-14-23(29-2)15-13-21/h3-15,24-25H,16-18H2,1-2H3/t24-,25-/m0/s1. The number of ether oxygens (including phenoxy) is 1. The minimum absolute atomic E-state index is 0.0451.